The molecule has 6 heteroatoms. The van der Waals surface area contributed by atoms with Gasteiger partial charge in [-0.25, -0.2) is 4.98 Å². The molecule has 2 N–H and O–H groups in total. The molecule has 122 valence electrons. The number of amides is 1. The van der Waals surface area contributed by atoms with E-state index in [9.17, 15) is 4.79 Å². The summed E-state index contributed by atoms with van der Waals surface area (Å²) in [6, 6.07) is 6.11. The second kappa shape index (κ2) is 6.50. The molecule has 0 unspecified atom stereocenters. The Morgan fingerprint density at radius 3 is 2.87 bits per heavy atom. The van der Waals surface area contributed by atoms with Crippen LogP contribution >= 0.6 is 0 Å². The molecule has 0 bridgehead atoms. The van der Waals surface area contributed by atoms with Crippen LogP contribution < -0.4 is 5.32 Å². The molecule has 0 radical (unpaired) electrons. The van der Waals surface area contributed by atoms with Crippen molar-refractivity contribution in [1.29, 1.82) is 0 Å². The largest absolute Gasteiger partial charge is 0.325 e. The number of nitrogens with one attached hydrogen (secondary N) is 2. The van der Waals surface area contributed by atoms with Gasteiger partial charge in [-0.05, 0) is 63.4 Å². The van der Waals surface area contributed by atoms with Crippen LogP contribution in [0.1, 0.15) is 41.7 Å². The number of anilines is 1. The van der Waals surface area contributed by atoms with E-state index in [0.717, 1.165) is 36.7 Å². The fourth-order valence-corrected chi connectivity index (χ4v) is 3.02. The van der Waals surface area contributed by atoms with E-state index in [4.69, 9.17) is 0 Å². The third kappa shape index (κ3) is 3.59. The molecule has 0 saturated carbocycles. The predicted octanol–water partition coefficient (Wildman–Crippen LogP) is 2.51. The Morgan fingerprint density at radius 2 is 2.17 bits per heavy atom. The van der Waals surface area contributed by atoms with Crippen molar-refractivity contribution in [2.45, 2.75) is 39.7 Å². The molecule has 0 spiro atoms. The molecule has 1 aliphatic heterocycles. The third-order valence-electron chi connectivity index (χ3n) is 4.41. The van der Waals surface area contributed by atoms with Gasteiger partial charge in [0.2, 0.25) is 5.91 Å². The van der Waals surface area contributed by atoms with E-state index in [-0.39, 0.29) is 11.9 Å². The van der Waals surface area contributed by atoms with Crippen molar-refractivity contribution in [3.05, 3.63) is 41.0 Å². The molecule has 1 fully saturated rings. The van der Waals surface area contributed by atoms with Crippen LogP contribution in [0.2, 0.25) is 0 Å². The molecule has 1 saturated heterocycles. The average Bonchev–Trinajstić information content (AvgIpc) is 3.11. The SMILES string of the molecule is Cc1nc([C@@H]2CCCN2CC(=O)Nc2ccc(C)c(C)c2)n[nH]1. The summed E-state index contributed by atoms with van der Waals surface area (Å²) in [5, 5.41) is 10.1. The number of carbonyl (C=O) groups is 1. The number of H-pyrrole nitrogens is 1. The van der Waals surface area contributed by atoms with Gasteiger partial charge in [0.05, 0.1) is 12.6 Å². The van der Waals surface area contributed by atoms with Crippen LogP contribution in [-0.4, -0.2) is 39.1 Å². The zero-order valence-electron chi connectivity index (χ0n) is 13.9. The topological polar surface area (TPSA) is 73.9 Å². The first-order valence-corrected chi connectivity index (χ1v) is 8.03. The fraction of sp³-hybridized carbons (Fsp3) is 0.471. The zero-order chi connectivity index (χ0) is 16.4. The molecule has 1 atom stereocenters. The van der Waals surface area contributed by atoms with E-state index < -0.39 is 0 Å². The van der Waals surface area contributed by atoms with E-state index in [1.165, 1.54) is 11.1 Å². The highest BCUT2D eigenvalue weighted by Gasteiger charge is 2.30. The molecular weight excluding hydrogens is 290 g/mol. The number of likely N-dealkylation sites (tertiary alicyclic amines) is 1. The molecule has 6 nitrogen and oxygen atoms in total. The number of hydrogen-bond acceptors (Lipinski definition) is 4. The number of benzene rings is 1. The van der Waals surface area contributed by atoms with Crippen molar-refractivity contribution < 1.29 is 4.79 Å². The van der Waals surface area contributed by atoms with Crippen LogP contribution in [0, 0.1) is 20.8 Å². The summed E-state index contributed by atoms with van der Waals surface area (Å²) in [6.07, 6.45) is 2.06. The molecule has 23 heavy (non-hydrogen) atoms. The lowest BCUT2D eigenvalue weighted by Crippen LogP contribution is -2.33. The standard InChI is InChI=1S/C17H23N5O/c1-11-6-7-14(9-12(11)2)19-16(23)10-22-8-4-5-15(22)17-18-13(3)20-21-17/h6-7,9,15H,4-5,8,10H2,1-3H3,(H,19,23)(H,18,20,21)/t15-/m0/s1. The van der Waals surface area contributed by atoms with Crippen LogP contribution in [0.4, 0.5) is 5.69 Å². The minimum atomic E-state index is 0.00686. The van der Waals surface area contributed by atoms with Crippen molar-refractivity contribution in [3.63, 3.8) is 0 Å². The number of nitrogens with zero attached hydrogens (tertiary/aromatic N) is 3. The number of rotatable bonds is 4. The number of aromatic nitrogens is 3. The van der Waals surface area contributed by atoms with Gasteiger partial charge in [-0.1, -0.05) is 6.07 Å². The quantitative estimate of drug-likeness (QED) is 0.909. The van der Waals surface area contributed by atoms with E-state index in [0.29, 0.717) is 6.54 Å². The van der Waals surface area contributed by atoms with Gasteiger partial charge in [0.1, 0.15) is 5.82 Å². The maximum absolute atomic E-state index is 12.3. The average molecular weight is 313 g/mol. The minimum Gasteiger partial charge on any atom is -0.325 e. The van der Waals surface area contributed by atoms with Crippen molar-refractivity contribution in [3.8, 4) is 0 Å². The molecule has 3 rings (SSSR count). The highest BCUT2D eigenvalue weighted by Crippen LogP contribution is 2.29. The van der Waals surface area contributed by atoms with E-state index in [2.05, 4.69) is 32.3 Å². The number of hydrogen-bond donors (Lipinski definition) is 2. The van der Waals surface area contributed by atoms with Gasteiger partial charge in [0.15, 0.2) is 5.82 Å². The van der Waals surface area contributed by atoms with Gasteiger partial charge in [0.25, 0.3) is 0 Å². The van der Waals surface area contributed by atoms with Gasteiger partial charge >= 0.3 is 0 Å². The number of carbonyl (C=O) groups excluding carboxylic acids is 1. The lowest BCUT2D eigenvalue weighted by molar-refractivity contribution is -0.117. The van der Waals surface area contributed by atoms with Crippen LogP contribution in [0.15, 0.2) is 18.2 Å². The van der Waals surface area contributed by atoms with E-state index in [1.54, 1.807) is 0 Å². The van der Waals surface area contributed by atoms with Gasteiger partial charge in [-0.2, -0.15) is 5.10 Å². The zero-order valence-corrected chi connectivity index (χ0v) is 13.9. The summed E-state index contributed by atoms with van der Waals surface area (Å²) in [6.45, 7) is 7.27. The van der Waals surface area contributed by atoms with E-state index >= 15 is 0 Å². The molecule has 2 aromatic rings. The van der Waals surface area contributed by atoms with Gasteiger partial charge in [-0.3, -0.25) is 14.8 Å². The van der Waals surface area contributed by atoms with Crippen LogP contribution in [0.25, 0.3) is 0 Å². The second-order valence-electron chi connectivity index (χ2n) is 6.25. The molecule has 1 aromatic heterocycles. The Bertz CT molecular complexity index is 709. The Hall–Kier alpha value is -2.21. The number of aryl methyl sites for hydroxylation is 3. The predicted molar refractivity (Wildman–Crippen MR) is 89.2 cm³/mol. The first kappa shape index (κ1) is 15.7. The second-order valence-corrected chi connectivity index (χ2v) is 6.25. The Labute approximate surface area is 136 Å². The summed E-state index contributed by atoms with van der Waals surface area (Å²) in [7, 11) is 0. The van der Waals surface area contributed by atoms with Crippen LogP contribution in [0.3, 0.4) is 0 Å². The van der Waals surface area contributed by atoms with E-state index in [1.807, 2.05) is 32.0 Å². The summed E-state index contributed by atoms with van der Waals surface area (Å²) in [5.41, 5.74) is 3.25. The fourth-order valence-electron chi connectivity index (χ4n) is 3.02. The molecule has 1 amide bonds. The van der Waals surface area contributed by atoms with Gasteiger partial charge in [0, 0.05) is 5.69 Å². The first-order chi connectivity index (χ1) is 11.0. The molecular formula is C17H23N5O. The summed E-state index contributed by atoms with van der Waals surface area (Å²) >= 11 is 0. The van der Waals surface area contributed by atoms with Gasteiger partial charge in [-0.15, -0.1) is 0 Å². The smallest absolute Gasteiger partial charge is 0.238 e. The molecule has 1 aromatic carbocycles. The Kier molecular flexibility index (Phi) is 4.43. The van der Waals surface area contributed by atoms with Crippen molar-refractivity contribution in [2.75, 3.05) is 18.4 Å². The lowest BCUT2D eigenvalue weighted by Gasteiger charge is -2.21. The highest BCUT2D eigenvalue weighted by atomic mass is 16.2. The minimum absolute atomic E-state index is 0.00686. The normalized spacial score (nSPS) is 18.3. The van der Waals surface area contributed by atoms with Crippen LogP contribution in [0.5, 0.6) is 0 Å². The Balaban J connectivity index is 1.63. The monoisotopic (exact) mass is 313 g/mol. The van der Waals surface area contributed by atoms with Crippen molar-refractivity contribution >= 4 is 11.6 Å². The first-order valence-electron chi connectivity index (χ1n) is 8.03. The lowest BCUT2D eigenvalue weighted by atomic mass is 10.1. The number of aromatic amines is 1. The summed E-state index contributed by atoms with van der Waals surface area (Å²) < 4.78 is 0. The van der Waals surface area contributed by atoms with Crippen molar-refractivity contribution in [1.82, 2.24) is 20.1 Å². The summed E-state index contributed by atoms with van der Waals surface area (Å²) in [4.78, 5) is 18.9. The molecule has 0 aliphatic carbocycles. The maximum atomic E-state index is 12.3. The molecule has 1 aliphatic rings. The highest BCUT2D eigenvalue weighted by molar-refractivity contribution is 5.92. The van der Waals surface area contributed by atoms with Crippen LogP contribution in [-0.2, 0) is 4.79 Å². The summed E-state index contributed by atoms with van der Waals surface area (Å²) in [5.74, 6) is 1.61. The maximum Gasteiger partial charge on any atom is 0.238 e. The molecule has 2 heterocycles. The van der Waals surface area contributed by atoms with Crippen molar-refractivity contribution in [2.24, 2.45) is 0 Å². The third-order valence-corrected chi connectivity index (χ3v) is 4.41. The van der Waals surface area contributed by atoms with Gasteiger partial charge < -0.3 is 5.32 Å². The Morgan fingerprint density at radius 1 is 1.35 bits per heavy atom.